The molecule has 0 spiro atoms. The summed E-state index contributed by atoms with van der Waals surface area (Å²) in [6.07, 6.45) is -3.05. The van der Waals surface area contributed by atoms with Crippen LogP contribution in [0.15, 0.2) is 65.0 Å². The summed E-state index contributed by atoms with van der Waals surface area (Å²) in [7, 11) is 1.59. The Labute approximate surface area is 167 Å². The van der Waals surface area contributed by atoms with Gasteiger partial charge in [0.15, 0.2) is 0 Å². The molecule has 0 aliphatic rings. The summed E-state index contributed by atoms with van der Waals surface area (Å²) in [5.41, 5.74) is 1.67. The molecule has 148 valence electrons. The van der Waals surface area contributed by atoms with Crippen molar-refractivity contribution in [2.45, 2.75) is 12.7 Å². The average Bonchev–Trinajstić information content (AvgIpc) is 3.15. The van der Waals surface area contributed by atoms with Gasteiger partial charge in [-0.1, -0.05) is 24.3 Å². The molecule has 0 saturated carbocycles. The zero-order chi connectivity index (χ0) is 20.6. The number of hydrogen-bond donors (Lipinski definition) is 0. The molecule has 0 amide bonds. The molecular weight excluding hydrogens is 401 g/mol. The van der Waals surface area contributed by atoms with Crippen LogP contribution in [0.5, 0.6) is 5.75 Å². The first kappa shape index (κ1) is 19.2. The first-order valence-electron chi connectivity index (χ1n) is 8.64. The quantitative estimate of drug-likeness (QED) is 0.459. The van der Waals surface area contributed by atoms with E-state index in [1.807, 2.05) is 29.6 Å². The highest BCUT2D eigenvalue weighted by Crippen LogP contribution is 2.32. The minimum atomic E-state index is -4.43. The van der Waals surface area contributed by atoms with Crippen molar-refractivity contribution in [2.24, 2.45) is 0 Å². The number of fused-ring (bicyclic) bond motifs is 1. The topological polar surface area (TPSA) is 44.1 Å². The van der Waals surface area contributed by atoms with Crippen LogP contribution in [-0.4, -0.2) is 16.7 Å². The van der Waals surface area contributed by atoms with E-state index in [2.05, 4.69) is 4.98 Å². The third kappa shape index (κ3) is 3.75. The molecule has 0 saturated heterocycles. The molecule has 0 aliphatic carbocycles. The Morgan fingerprint density at radius 2 is 1.90 bits per heavy atom. The fraction of sp³-hybridized carbons (Fsp3) is 0.143. The van der Waals surface area contributed by atoms with E-state index in [0.29, 0.717) is 15.8 Å². The number of ether oxygens (including phenoxy) is 1. The van der Waals surface area contributed by atoms with Gasteiger partial charge in [-0.05, 0) is 35.4 Å². The molecule has 0 fully saturated rings. The fourth-order valence-electron chi connectivity index (χ4n) is 3.07. The zero-order valence-electron chi connectivity index (χ0n) is 15.2. The van der Waals surface area contributed by atoms with Gasteiger partial charge < -0.3 is 4.74 Å². The third-order valence-electron chi connectivity index (χ3n) is 4.55. The predicted molar refractivity (Wildman–Crippen MR) is 106 cm³/mol. The van der Waals surface area contributed by atoms with E-state index < -0.39 is 11.7 Å². The second kappa shape index (κ2) is 7.36. The lowest BCUT2D eigenvalue weighted by atomic mass is 10.1. The summed E-state index contributed by atoms with van der Waals surface area (Å²) < 4.78 is 45.7. The number of benzene rings is 2. The number of hydrogen-bond acceptors (Lipinski definition) is 4. The molecule has 2 heterocycles. The lowest BCUT2D eigenvalue weighted by Gasteiger charge is -2.10. The highest BCUT2D eigenvalue weighted by molar-refractivity contribution is 7.17. The molecule has 4 nitrogen and oxygen atoms in total. The van der Waals surface area contributed by atoms with Crippen molar-refractivity contribution in [1.29, 1.82) is 0 Å². The maximum Gasteiger partial charge on any atom is 0.416 e. The summed E-state index contributed by atoms with van der Waals surface area (Å²) >= 11 is 1.27. The molecule has 0 aliphatic heterocycles. The third-order valence-corrected chi connectivity index (χ3v) is 5.51. The van der Waals surface area contributed by atoms with Crippen molar-refractivity contribution in [3.05, 3.63) is 81.7 Å². The van der Waals surface area contributed by atoms with Gasteiger partial charge in [-0.2, -0.15) is 13.2 Å². The van der Waals surface area contributed by atoms with E-state index in [-0.39, 0.29) is 12.1 Å². The Bertz CT molecular complexity index is 1230. The van der Waals surface area contributed by atoms with Crippen molar-refractivity contribution in [1.82, 2.24) is 9.55 Å². The van der Waals surface area contributed by atoms with Crippen molar-refractivity contribution in [3.8, 4) is 16.9 Å². The molecule has 29 heavy (non-hydrogen) atoms. The Balaban J connectivity index is 1.70. The van der Waals surface area contributed by atoms with Gasteiger partial charge >= 0.3 is 6.18 Å². The van der Waals surface area contributed by atoms with Crippen LogP contribution in [0.4, 0.5) is 13.2 Å². The SMILES string of the molecule is COc1ccc(-c2csc3c(=O)n(Cc4cccc(C(F)(F)F)c4)cnc23)cc1. The Morgan fingerprint density at radius 1 is 1.14 bits per heavy atom. The number of thiophene rings is 1. The number of methoxy groups -OCH3 is 1. The molecule has 0 N–H and O–H groups in total. The van der Waals surface area contributed by atoms with Crippen LogP contribution in [0.3, 0.4) is 0 Å². The number of rotatable bonds is 4. The minimum Gasteiger partial charge on any atom is -0.497 e. The van der Waals surface area contributed by atoms with Crippen molar-refractivity contribution < 1.29 is 17.9 Å². The molecule has 0 unspecified atom stereocenters. The van der Waals surface area contributed by atoms with E-state index in [1.54, 1.807) is 13.2 Å². The second-order valence-electron chi connectivity index (χ2n) is 6.43. The summed E-state index contributed by atoms with van der Waals surface area (Å²) in [6, 6.07) is 12.4. The van der Waals surface area contributed by atoms with Gasteiger partial charge in [0.25, 0.3) is 5.56 Å². The van der Waals surface area contributed by atoms with Crippen molar-refractivity contribution >= 4 is 21.6 Å². The van der Waals surface area contributed by atoms with E-state index in [0.717, 1.165) is 29.0 Å². The van der Waals surface area contributed by atoms with E-state index in [4.69, 9.17) is 4.74 Å². The second-order valence-corrected chi connectivity index (χ2v) is 7.31. The standard InChI is InChI=1S/C21H15F3N2O2S/c1-28-16-7-5-14(6-8-16)17-11-29-19-18(17)25-12-26(20(19)27)10-13-3-2-4-15(9-13)21(22,23)24/h2-9,11-12H,10H2,1H3. The number of alkyl halides is 3. The van der Waals surface area contributed by atoms with Crippen molar-refractivity contribution in [3.63, 3.8) is 0 Å². The predicted octanol–water partition coefficient (Wildman–Crippen LogP) is 5.20. The van der Waals surface area contributed by atoms with Gasteiger partial charge in [0.05, 0.1) is 31.1 Å². The number of aromatic nitrogens is 2. The van der Waals surface area contributed by atoms with Gasteiger partial charge in [-0.25, -0.2) is 4.98 Å². The summed E-state index contributed by atoms with van der Waals surface area (Å²) in [4.78, 5) is 17.3. The summed E-state index contributed by atoms with van der Waals surface area (Å²) in [6.45, 7) is 0.0153. The minimum absolute atomic E-state index is 0.0153. The lowest BCUT2D eigenvalue weighted by Crippen LogP contribution is -2.20. The zero-order valence-corrected chi connectivity index (χ0v) is 16.1. The van der Waals surface area contributed by atoms with Gasteiger partial charge in [-0.3, -0.25) is 9.36 Å². The Kier molecular flexibility index (Phi) is 4.87. The van der Waals surface area contributed by atoms with Gasteiger partial charge in [-0.15, -0.1) is 11.3 Å². The fourth-order valence-corrected chi connectivity index (χ4v) is 4.05. The Hall–Kier alpha value is -3.13. The molecule has 0 atom stereocenters. The molecule has 8 heteroatoms. The van der Waals surface area contributed by atoms with Crippen LogP contribution in [-0.2, 0) is 12.7 Å². The van der Waals surface area contributed by atoms with Crippen LogP contribution in [0, 0.1) is 0 Å². The molecule has 4 rings (SSSR count). The van der Waals surface area contributed by atoms with E-state index in [9.17, 15) is 18.0 Å². The largest absolute Gasteiger partial charge is 0.497 e. The van der Waals surface area contributed by atoms with E-state index >= 15 is 0 Å². The molecule has 4 aromatic rings. The summed E-state index contributed by atoms with van der Waals surface area (Å²) in [5, 5.41) is 1.86. The highest BCUT2D eigenvalue weighted by atomic mass is 32.1. The highest BCUT2D eigenvalue weighted by Gasteiger charge is 2.30. The average molecular weight is 416 g/mol. The van der Waals surface area contributed by atoms with Crippen LogP contribution in [0.2, 0.25) is 0 Å². The maximum absolute atomic E-state index is 12.9. The van der Waals surface area contributed by atoms with Crippen LogP contribution >= 0.6 is 11.3 Å². The number of nitrogens with zero attached hydrogens (tertiary/aromatic N) is 2. The first-order valence-corrected chi connectivity index (χ1v) is 9.52. The molecule has 2 aromatic heterocycles. The van der Waals surface area contributed by atoms with Crippen molar-refractivity contribution in [2.75, 3.05) is 7.11 Å². The van der Waals surface area contributed by atoms with Gasteiger partial charge in [0.1, 0.15) is 10.4 Å². The molecule has 0 bridgehead atoms. The van der Waals surface area contributed by atoms with Crippen LogP contribution in [0.1, 0.15) is 11.1 Å². The van der Waals surface area contributed by atoms with Gasteiger partial charge in [0, 0.05) is 10.9 Å². The molecule has 0 radical (unpaired) electrons. The lowest BCUT2D eigenvalue weighted by molar-refractivity contribution is -0.137. The van der Waals surface area contributed by atoms with Crippen LogP contribution in [0.25, 0.3) is 21.3 Å². The van der Waals surface area contributed by atoms with Crippen LogP contribution < -0.4 is 10.3 Å². The monoisotopic (exact) mass is 416 g/mol. The smallest absolute Gasteiger partial charge is 0.416 e. The summed E-state index contributed by atoms with van der Waals surface area (Å²) in [5.74, 6) is 0.727. The van der Waals surface area contributed by atoms with Gasteiger partial charge in [0.2, 0.25) is 0 Å². The number of halogens is 3. The first-order chi connectivity index (χ1) is 13.9. The normalized spacial score (nSPS) is 11.7. The van der Waals surface area contributed by atoms with E-state index in [1.165, 1.54) is 28.3 Å². The Morgan fingerprint density at radius 3 is 2.59 bits per heavy atom. The molecular formula is C21H15F3N2O2S. The maximum atomic E-state index is 12.9. The molecule has 2 aromatic carbocycles.